The minimum atomic E-state index is 0.0226. The molecule has 0 unspecified atom stereocenters. The molecule has 0 atom stereocenters. The number of ketones is 1. The average Bonchev–Trinajstić information content (AvgIpc) is 2.30. The lowest BCUT2D eigenvalue weighted by Gasteiger charge is -2.38. The van der Waals surface area contributed by atoms with E-state index >= 15 is 0 Å². The Morgan fingerprint density at radius 2 is 1.75 bits per heavy atom. The molecule has 84 valence electrons. The number of hydrogen-bond donors (Lipinski definition) is 1. The predicted octanol–water partition coefficient (Wildman–Crippen LogP) is 2.33. The van der Waals surface area contributed by atoms with E-state index in [1.807, 2.05) is 0 Å². The molecule has 0 saturated heterocycles. The van der Waals surface area contributed by atoms with Gasteiger partial charge in [-0.1, -0.05) is 0 Å². The lowest BCUT2D eigenvalue weighted by Crippen LogP contribution is -2.31. The molecular formula is C13H15NO2. The molecule has 3 nitrogen and oxygen atoms in total. The van der Waals surface area contributed by atoms with Crippen molar-refractivity contribution in [3.05, 3.63) is 33.2 Å². The number of aromatic amines is 1. The zero-order valence-electron chi connectivity index (χ0n) is 9.38. The molecule has 0 amide bonds. The minimum absolute atomic E-state index is 0.0226. The van der Waals surface area contributed by atoms with Crippen molar-refractivity contribution in [1.82, 2.24) is 4.98 Å². The van der Waals surface area contributed by atoms with E-state index in [4.69, 9.17) is 0 Å². The number of nitrogens with one attached hydrogen (secondary N) is 1. The number of hydrogen-bond acceptors (Lipinski definition) is 2. The highest BCUT2D eigenvalue weighted by Gasteiger charge is 2.37. The van der Waals surface area contributed by atoms with Crippen molar-refractivity contribution in [2.75, 3.05) is 0 Å². The Bertz CT molecular complexity index is 507. The van der Waals surface area contributed by atoms with Crippen LogP contribution in [0, 0.1) is 0 Å². The first-order valence-electron chi connectivity index (χ1n) is 5.95. The summed E-state index contributed by atoms with van der Waals surface area (Å²) in [6.45, 7) is 1.58. The van der Waals surface area contributed by atoms with Crippen LogP contribution < -0.4 is 5.56 Å². The zero-order valence-corrected chi connectivity index (χ0v) is 9.38. The van der Waals surface area contributed by atoms with Crippen molar-refractivity contribution in [2.24, 2.45) is 0 Å². The third-order valence-corrected chi connectivity index (χ3v) is 4.10. The number of Topliss-reactive ketones (excluding diaryl/α,β-unsaturated/α-hetero) is 1. The molecule has 16 heavy (non-hydrogen) atoms. The molecule has 4 rings (SSSR count). The van der Waals surface area contributed by atoms with E-state index in [0.29, 0.717) is 11.8 Å². The summed E-state index contributed by atoms with van der Waals surface area (Å²) in [7, 11) is 0. The van der Waals surface area contributed by atoms with E-state index in [-0.39, 0.29) is 11.3 Å². The number of pyridine rings is 1. The van der Waals surface area contributed by atoms with Gasteiger partial charge in [-0.3, -0.25) is 9.59 Å². The largest absolute Gasteiger partial charge is 0.328 e. The fraction of sp³-hybridized carbons (Fsp3) is 0.538. The summed E-state index contributed by atoms with van der Waals surface area (Å²) in [4.78, 5) is 26.2. The molecule has 1 fully saturated rings. The molecule has 3 heteroatoms. The number of aromatic nitrogens is 1. The molecule has 1 aromatic heterocycles. The van der Waals surface area contributed by atoms with E-state index in [9.17, 15) is 9.59 Å². The van der Waals surface area contributed by atoms with Gasteiger partial charge >= 0.3 is 0 Å². The van der Waals surface area contributed by atoms with Gasteiger partial charge < -0.3 is 4.98 Å². The topological polar surface area (TPSA) is 49.9 Å². The second-order valence-corrected chi connectivity index (χ2v) is 4.96. The Labute approximate surface area is 93.9 Å². The summed E-state index contributed by atoms with van der Waals surface area (Å²) in [6.07, 6.45) is 6.11. The molecule has 1 N–H and O–H groups in total. The van der Waals surface area contributed by atoms with E-state index in [1.54, 1.807) is 13.1 Å². The van der Waals surface area contributed by atoms with Crippen LogP contribution in [0.4, 0.5) is 0 Å². The van der Waals surface area contributed by atoms with Gasteiger partial charge in [0, 0.05) is 17.3 Å². The highest BCUT2D eigenvalue weighted by molar-refractivity contribution is 5.96. The van der Waals surface area contributed by atoms with Crippen molar-refractivity contribution in [1.29, 1.82) is 0 Å². The first-order valence-corrected chi connectivity index (χ1v) is 5.95. The smallest absolute Gasteiger partial charge is 0.251 e. The Morgan fingerprint density at radius 3 is 2.31 bits per heavy atom. The van der Waals surface area contributed by atoms with Crippen LogP contribution in [-0.2, 0) is 0 Å². The van der Waals surface area contributed by atoms with Gasteiger partial charge in [-0.25, -0.2) is 0 Å². The second kappa shape index (κ2) is 3.30. The molecular weight excluding hydrogens is 202 g/mol. The van der Waals surface area contributed by atoms with Gasteiger partial charge in [0.05, 0.1) is 0 Å². The summed E-state index contributed by atoms with van der Waals surface area (Å²) in [5.41, 5.74) is 2.74. The van der Waals surface area contributed by atoms with Crippen molar-refractivity contribution in [2.45, 2.75) is 44.4 Å². The fourth-order valence-corrected chi connectivity index (χ4v) is 3.37. The van der Waals surface area contributed by atoms with Crippen LogP contribution in [0.2, 0.25) is 0 Å². The normalized spacial score (nSPS) is 26.6. The Kier molecular flexibility index (Phi) is 2.03. The van der Waals surface area contributed by atoms with Gasteiger partial charge in [0.15, 0.2) is 5.78 Å². The Balaban J connectivity index is 2.31. The minimum Gasteiger partial charge on any atom is -0.328 e. The number of carbonyl (C=O) groups is 1. The fourth-order valence-electron chi connectivity index (χ4n) is 3.37. The standard InChI is InChI=1S/C13H15NO2/c1-7(15)10-6-14-13(16)12-9-4-2-8(3-5-9)11(10)12/h6,8-9H,2-5H2,1H3,(H,14,16). The van der Waals surface area contributed by atoms with Crippen molar-refractivity contribution < 1.29 is 4.79 Å². The second-order valence-electron chi connectivity index (χ2n) is 4.96. The van der Waals surface area contributed by atoms with Crippen LogP contribution in [0.5, 0.6) is 0 Å². The lowest BCUT2D eigenvalue weighted by atomic mass is 9.66. The maximum atomic E-state index is 11.9. The van der Waals surface area contributed by atoms with E-state index in [1.165, 1.54) is 0 Å². The molecule has 0 radical (unpaired) electrons. The molecule has 0 spiro atoms. The van der Waals surface area contributed by atoms with Crippen LogP contribution >= 0.6 is 0 Å². The predicted molar refractivity (Wildman–Crippen MR) is 61.0 cm³/mol. The average molecular weight is 217 g/mol. The van der Waals surface area contributed by atoms with E-state index < -0.39 is 0 Å². The van der Waals surface area contributed by atoms with Gasteiger partial charge in [-0.2, -0.15) is 0 Å². The van der Waals surface area contributed by atoms with Crippen LogP contribution in [-0.4, -0.2) is 10.8 Å². The third-order valence-electron chi connectivity index (χ3n) is 4.10. The summed E-state index contributed by atoms with van der Waals surface area (Å²) in [6, 6.07) is 0. The molecule has 1 aromatic rings. The number of carbonyl (C=O) groups excluding carboxylic acids is 1. The van der Waals surface area contributed by atoms with Crippen LogP contribution in [0.1, 0.15) is 65.9 Å². The van der Waals surface area contributed by atoms with Gasteiger partial charge in [0.25, 0.3) is 5.56 Å². The molecule has 1 heterocycles. The molecule has 1 saturated carbocycles. The molecule has 0 aromatic carbocycles. The Hall–Kier alpha value is -1.38. The maximum Gasteiger partial charge on any atom is 0.251 e. The van der Waals surface area contributed by atoms with Crippen molar-refractivity contribution in [3.8, 4) is 0 Å². The number of rotatable bonds is 1. The van der Waals surface area contributed by atoms with Crippen molar-refractivity contribution >= 4 is 5.78 Å². The van der Waals surface area contributed by atoms with Gasteiger partial charge in [-0.05, 0) is 50.0 Å². The SMILES string of the molecule is CC(=O)c1c[nH]c(=O)c2c1C1CCC2CC1. The quantitative estimate of drug-likeness (QED) is 0.734. The number of H-pyrrole nitrogens is 1. The first kappa shape index (κ1) is 9.82. The lowest BCUT2D eigenvalue weighted by molar-refractivity contribution is 0.101. The zero-order chi connectivity index (χ0) is 11.3. The summed E-state index contributed by atoms with van der Waals surface area (Å²) >= 11 is 0. The molecule has 2 bridgehead atoms. The third kappa shape index (κ3) is 1.20. The van der Waals surface area contributed by atoms with Gasteiger partial charge in [0.1, 0.15) is 0 Å². The van der Waals surface area contributed by atoms with Crippen LogP contribution in [0.15, 0.2) is 11.0 Å². The highest BCUT2D eigenvalue weighted by Crippen LogP contribution is 2.48. The number of fused-ring (bicyclic) bond motifs is 2. The summed E-state index contributed by atoms with van der Waals surface area (Å²) in [5, 5.41) is 0. The van der Waals surface area contributed by atoms with E-state index in [0.717, 1.165) is 42.4 Å². The van der Waals surface area contributed by atoms with Gasteiger partial charge in [-0.15, -0.1) is 0 Å². The molecule has 3 aliphatic rings. The first-order chi connectivity index (χ1) is 7.68. The van der Waals surface area contributed by atoms with Crippen LogP contribution in [0.3, 0.4) is 0 Å². The van der Waals surface area contributed by atoms with Crippen LogP contribution in [0.25, 0.3) is 0 Å². The molecule has 0 aliphatic heterocycles. The van der Waals surface area contributed by atoms with E-state index in [2.05, 4.69) is 4.98 Å². The van der Waals surface area contributed by atoms with Gasteiger partial charge in [0.2, 0.25) is 0 Å². The maximum absolute atomic E-state index is 11.9. The highest BCUT2D eigenvalue weighted by atomic mass is 16.1. The van der Waals surface area contributed by atoms with Crippen molar-refractivity contribution in [3.63, 3.8) is 0 Å². The monoisotopic (exact) mass is 217 g/mol. The summed E-state index contributed by atoms with van der Waals surface area (Å²) in [5.74, 6) is 0.907. The molecule has 3 aliphatic carbocycles. The Morgan fingerprint density at radius 1 is 1.19 bits per heavy atom. The summed E-state index contributed by atoms with van der Waals surface area (Å²) < 4.78 is 0.